The van der Waals surface area contributed by atoms with Crippen molar-refractivity contribution in [3.8, 4) is 0 Å². The molecule has 2 N–H and O–H groups in total. The molecule has 0 atom stereocenters. The number of carbonyl (C=O) groups excluding carboxylic acids is 1. The highest BCUT2D eigenvalue weighted by molar-refractivity contribution is 5.94. The summed E-state index contributed by atoms with van der Waals surface area (Å²) in [5.74, 6) is 0.716. The average molecular weight is 259 g/mol. The van der Waals surface area contributed by atoms with Crippen LogP contribution in [0, 0.1) is 13.8 Å². The Balaban J connectivity index is 2.10. The number of amides is 1. The highest BCUT2D eigenvalue weighted by Gasteiger charge is 2.09. The van der Waals surface area contributed by atoms with Crippen LogP contribution < -0.4 is 10.6 Å². The van der Waals surface area contributed by atoms with E-state index < -0.39 is 0 Å². The molecule has 1 amide bonds. The van der Waals surface area contributed by atoms with Gasteiger partial charge in [0, 0.05) is 30.4 Å². The van der Waals surface area contributed by atoms with Crippen molar-refractivity contribution in [1.82, 2.24) is 10.5 Å². The van der Waals surface area contributed by atoms with Crippen LogP contribution in [0.4, 0.5) is 5.69 Å². The van der Waals surface area contributed by atoms with Gasteiger partial charge in [-0.05, 0) is 32.0 Å². The number of anilines is 1. The minimum absolute atomic E-state index is 0.0963. The van der Waals surface area contributed by atoms with Gasteiger partial charge in [-0.25, -0.2) is 0 Å². The van der Waals surface area contributed by atoms with E-state index >= 15 is 0 Å². The molecule has 0 saturated carbocycles. The van der Waals surface area contributed by atoms with Gasteiger partial charge < -0.3 is 15.2 Å². The van der Waals surface area contributed by atoms with Crippen molar-refractivity contribution in [1.29, 1.82) is 0 Å². The molecule has 0 spiro atoms. The van der Waals surface area contributed by atoms with Gasteiger partial charge in [0.15, 0.2) is 0 Å². The van der Waals surface area contributed by atoms with Crippen LogP contribution in [-0.4, -0.2) is 18.1 Å². The first-order chi connectivity index (χ1) is 9.11. The number of nitrogens with zero attached hydrogens (tertiary/aromatic N) is 1. The minimum Gasteiger partial charge on any atom is -0.381 e. The average Bonchev–Trinajstić information content (AvgIpc) is 2.75. The van der Waals surface area contributed by atoms with Crippen molar-refractivity contribution in [3.63, 3.8) is 0 Å². The van der Waals surface area contributed by atoms with Crippen LogP contribution in [0.2, 0.25) is 0 Å². The summed E-state index contributed by atoms with van der Waals surface area (Å²) >= 11 is 0. The van der Waals surface area contributed by atoms with Gasteiger partial charge >= 0.3 is 0 Å². The molecule has 0 bridgehead atoms. The maximum Gasteiger partial charge on any atom is 0.251 e. The van der Waals surface area contributed by atoms with E-state index in [1.807, 2.05) is 32.0 Å². The number of hydrogen-bond acceptors (Lipinski definition) is 4. The second-order valence-corrected chi connectivity index (χ2v) is 4.32. The van der Waals surface area contributed by atoms with Gasteiger partial charge in [0.2, 0.25) is 0 Å². The van der Waals surface area contributed by atoms with Gasteiger partial charge in [-0.1, -0.05) is 11.2 Å². The molecule has 0 unspecified atom stereocenters. The standard InChI is InChI=1S/C14H17N3O2/c1-9-13(10(2)19-17-9)8-16-12-6-4-5-11(7-12)14(18)15-3/h4-7,16H,8H2,1-3H3,(H,15,18). The van der Waals surface area contributed by atoms with Crippen LogP contribution >= 0.6 is 0 Å². The van der Waals surface area contributed by atoms with Gasteiger partial charge in [-0.3, -0.25) is 4.79 Å². The Morgan fingerprint density at radius 1 is 1.37 bits per heavy atom. The summed E-state index contributed by atoms with van der Waals surface area (Å²) in [6.07, 6.45) is 0. The van der Waals surface area contributed by atoms with Crippen LogP contribution in [0.25, 0.3) is 0 Å². The third-order valence-electron chi connectivity index (χ3n) is 3.00. The van der Waals surface area contributed by atoms with Crippen LogP contribution in [0.15, 0.2) is 28.8 Å². The third-order valence-corrected chi connectivity index (χ3v) is 3.00. The molecule has 5 heteroatoms. The summed E-state index contributed by atoms with van der Waals surface area (Å²) in [4.78, 5) is 11.5. The molecular formula is C14H17N3O2. The summed E-state index contributed by atoms with van der Waals surface area (Å²) in [7, 11) is 1.62. The third kappa shape index (κ3) is 2.93. The molecule has 1 aromatic heterocycles. The van der Waals surface area contributed by atoms with E-state index in [4.69, 9.17) is 4.52 Å². The largest absolute Gasteiger partial charge is 0.381 e. The molecule has 5 nitrogen and oxygen atoms in total. The van der Waals surface area contributed by atoms with E-state index in [1.165, 1.54) is 0 Å². The molecule has 1 heterocycles. The highest BCUT2D eigenvalue weighted by atomic mass is 16.5. The molecule has 0 aliphatic rings. The molecule has 2 aromatic rings. The lowest BCUT2D eigenvalue weighted by molar-refractivity contribution is 0.0963. The quantitative estimate of drug-likeness (QED) is 0.883. The topological polar surface area (TPSA) is 67.2 Å². The zero-order valence-corrected chi connectivity index (χ0v) is 11.3. The lowest BCUT2D eigenvalue weighted by Gasteiger charge is -2.07. The maximum absolute atomic E-state index is 11.5. The van der Waals surface area contributed by atoms with Crippen molar-refractivity contribution in [3.05, 3.63) is 46.8 Å². The Morgan fingerprint density at radius 2 is 2.16 bits per heavy atom. The Labute approximate surface area is 112 Å². The molecule has 0 radical (unpaired) electrons. The second kappa shape index (κ2) is 5.56. The van der Waals surface area contributed by atoms with Crippen molar-refractivity contribution in [2.75, 3.05) is 12.4 Å². The fourth-order valence-electron chi connectivity index (χ4n) is 1.86. The first-order valence-corrected chi connectivity index (χ1v) is 6.09. The van der Waals surface area contributed by atoms with E-state index in [9.17, 15) is 4.79 Å². The number of carbonyl (C=O) groups is 1. The van der Waals surface area contributed by atoms with E-state index in [0.717, 1.165) is 22.7 Å². The van der Waals surface area contributed by atoms with Crippen LogP contribution in [-0.2, 0) is 6.54 Å². The monoisotopic (exact) mass is 259 g/mol. The molecular weight excluding hydrogens is 242 g/mol. The number of aryl methyl sites for hydroxylation is 2. The summed E-state index contributed by atoms with van der Waals surface area (Å²) < 4.78 is 5.11. The Bertz CT molecular complexity index is 571. The lowest BCUT2D eigenvalue weighted by Crippen LogP contribution is -2.17. The number of nitrogens with one attached hydrogen (secondary N) is 2. The van der Waals surface area contributed by atoms with Crippen molar-refractivity contribution < 1.29 is 9.32 Å². The zero-order valence-electron chi connectivity index (χ0n) is 11.3. The lowest BCUT2D eigenvalue weighted by atomic mass is 10.1. The first kappa shape index (κ1) is 13.1. The van der Waals surface area contributed by atoms with E-state index in [0.29, 0.717) is 12.1 Å². The van der Waals surface area contributed by atoms with Crippen LogP contribution in [0.5, 0.6) is 0 Å². The minimum atomic E-state index is -0.0963. The van der Waals surface area contributed by atoms with Gasteiger partial charge in [0.05, 0.1) is 5.69 Å². The van der Waals surface area contributed by atoms with Gasteiger partial charge in [0.25, 0.3) is 5.91 Å². The second-order valence-electron chi connectivity index (χ2n) is 4.32. The van der Waals surface area contributed by atoms with Gasteiger partial charge in [-0.2, -0.15) is 0 Å². The fraction of sp³-hybridized carbons (Fsp3) is 0.286. The SMILES string of the molecule is CNC(=O)c1cccc(NCc2c(C)noc2C)c1. The highest BCUT2D eigenvalue weighted by Crippen LogP contribution is 2.16. The molecule has 0 aliphatic heterocycles. The normalized spacial score (nSPS) is 10.3. The number of benzene rings is 1. The molecule has 19 heavy (non-hydrogen) atoms. The van der Waals surface area contributed by atoms with E-state index in [-0.39, 0.29) is 5.91 Å². The first-order valence-electron chi connectivity index (χ1n) is 6.09. The molecule has 1 aromatic carbocycles. The Morgan fingerprint density at radius 3 is 2.79 bits per heavy atom. The number of rotatable bonds is 4. The van der Waals surface area contributed by atoms with Crippen LogP contribution in [0.1, 0.15) is 27.4 Å². The molecule has 2 rings (SSSR count). The molecule has 0 aliphatic carbocycles. The number of aromatic nitrogens is 1. The van der Waals surface area contributed by atoms with E-state index in [1.54, 1.807) is 13.1 Å². The summed E-state index contributed by atoms with van der Waals surface area (Å²) in [5, 5.41) is 9.78. The Kier molecular flexibility index (Phi) is 3.85. The van der Waals surface area contributed by atoms with E-state index in [2.05, 4.69) is 15.8 Å². The predicted molar refractivity (Wildman–Crippen MR) is 73.1 cm³/mol. The van der Waals surface area contributed by atoms with Gasteiger partial charge in [-0.15, -0.1) is 0 Å². The van der Waals surface area contributed by atoms with Gasteiger partial charge in [0.1, 0.15) is 5.76 Å². The van der Waals surface area contributed by atoms with Crippen LogP contribution in [0.3, 0.4) is 0 Å². The molecule has 0 saturated heterocycles. The smallest absolute Gasteiger partial charge is 0.251 e. The number of hydrogen-bond donors (Lipinski definition) is 2. The predicted octanol–water partition coefficient (Wildman–Crippen LogP) is 2.26. The summed E-state index contributed by atoms with van der Waals surface area (Å²) in [6, 6.07) is 7.36. The van der Waals surface area contributed by atoms with Crippen molar-refractivity contribution >= 4 is 11.6 Å². The Hall–Kier alpha value is -2.30. The van der Waals surface area contributed by atoms with Crippen molar-refractivity contribution in [2.24, 2.45) is 0 Å². The zero-order chi connectivity index (χ0) is 13.8. The maximum atomic E-state index is 11.5. The molecule has 100 valence electrons. The summed E-state index contributed by atoms with van der Waals surface area (Å²) in [5.41, 5.74) is 3.45. The molecule has 0 fully saturated rings. The summed E-state index contributed by atoms with van der Waals surface area (Å²) in [6.45, 7) is 4.42. The van der Waals surface area contributed by atoms with Crippen molar-refractivity contribution in [2.45, 2.75) is 20.4 Å². The fourth-order valence-corrected chi connectivity index (χ4v) is 1.86.